The molecule has 0 aliphatic heterocycles. The number of hydrogen-bond acceptors (Lipinski definition) is 6. The van der Waals surface area contributed by atoms with Crippen LogP contribution in [0.25, 0.3) is 10.9 Å². The van der Waals surface area contributed by atoms with Crippen LogP contribution in [0, 0.1) is 6.92 Å². The van der Waals surface area contributed by atoms with Gasteiger partial charge in [-0.1, -0.05) is 12.1 Å². The highest BCUT2D eigenvalue weighted by Gasteiger charge is 2.07. The van der Waals surface area contributed by atoms with E-state index in [4.69, 9.17) is 10.3 Å². The Labute approximate surface area is 116 Å². The molecule has 20 heavy (non-hydrogen) atoms. The molecule has 0 aliphatic carbocycles. The molecule has 0 saturated carbocycles. The second-order valence-corrected chi connectivity index (χ2v) is 4.42. The van der Waals surface area contributed by atoms with Gasteiger partial charge >= 0.3 is 0 Å². The average molecular weight is 269 g/mol. The summed E-state index contributed by atoms with van der Waals surface area (Å²) in [5.41, 5.74) is 3.30. The summed E-state index contributed by atoms with van der Waals surface area (Å²) >= 11 is 0. The number of aromatic nitrogens is 2. The van der Waals surface area contributed by atoms with Gasteiger partial charge in [0.25, 0.3) is 0 Å². The van der Waals surface area contributed by atoms with E-state index >= 15 is 0 Å². The maximum absolute atomic E-state index is 5.53. The lowest BCUT2D eigenvalue weighted by atomic mass is 10.2. The lowest BCUT2D eigenvalue weighted by Gasteiger charge is -2.09. The molecular weight excluding hydrogens is 254 g/mol. The van der Waals surface area contributed by atoms with Crippen molar-refractivity contribution in [3.8, 4) is 0 Å². The van der Waals surface area contributed by atoms with Crippen molar-refractivity contribution in [1.82, 2.24) is 9.97 Å². The molecule has 0 aliphatic rings. The van der Waals surface area contributed by atoms with E-state index in [1.807, 2.05) is 43.3 Å². The fraction of sp³-hybridized carbons (Fsp3) is 0.143. The SMILES string of the molecule is Cc1ccc(CNc2nc(NN)nc3ccccc23)o1. The van der Waals surface area contributed by atoms with Crippen LogP contribution >= 0.6 is 0 Å². The van der Waals surface area contributed by atoms with Gasteiger partial charge in [-0.05, 0) is 31.2 Å². The Bertz CT molecular complexity index is 737. The standard InChI is InChI=1S/C14H15N5O/c1-9-6-7-10(20-9)8-16-13-11-4-2-3-5-12(11)17-14(18-13)19-15/h2-7H,8,15H2,1H3,(H2,16,17,18,19). The van der Waals surface area contributed by atoms with Crippen LogP contribution in [0.15, 0.2) is 40.8 Å². The zero-order valence-corrected chi connectivity index (χ0v) is 11.1. The average Bonchev–Trinajstić information content (AvgIpc) is 2.90. The Morgan fingerprint density at radius 3 is 2.75 bits per heavy atom. The molecule has 6 heteroatoms. The third-order valence-electron chi connectivity index (χ3n) is 2.96. The summed E-state index contributed by atoms with van der Waals surface area (Å²) in [5.74, 6) is 8.24. The summed E-state index contributed by atoms with van der Waals surface area (Å²) in [5, 5.41) is 4.19. The summed E-state index contributed by atoms with van der Waals surface area (Å²) < 4.78 is 5.53. The summed E-state index contributed by atoms with van der Waals surface area (Å²) in [6.45, 7) is 2.47. The lowest BCUT2D eigenvalue weighted by Crippen LogP contribution is -2.12. The highest BCUT2D eigenvalue weighted by atomic mass is 16.3. The minimum Gasteiger partial charge on any atom is -0.465 e. The van der Waals surface area contributed by atoms with Crippen molar-refractivity contribution in [3.05, 3.63) is 47.9 Å². The molecule has 3 rings (SSSR count). The monoisotopic (exact) mass is 269 g/mol. The molecule has 6 nitrogen and oxygen atoms in total. The molecule has 3 aromatic rings. The van der Waals surface area contributed by atoms with Crippen LogP contribution < -0.4 is 16.6 Å². The van der Waals surface area contributed by atoms with Gasteiger partial charge in [0.2, 0.25) is 5.95 Å². The van der Waals surface area contributed by atoms with Crippen molar-refractivity contribution in [2.45, 2.75) is 13.5 Å². The summed E-state index contributed by atoms with van der Waals surface area (Å²) in [4.78, 5) is 8.64. The van der Waals surface area contributed by atoms with Crippen LogP contribution in [0.4, 0.5) is 11.8 Å². The van der Waals surface area contributed by atoms with E-state index in [9.17, 15) is 0 Å². The second kappa shape index (κ2) is 5.18. The fourth-order valence-corrected chi connectivity index (χ4v) is 2.03. The first-order valence-corrected chi connectivity index (χ1v) is 6.29. The number of nitrogens with zero attached hydrogens (tertiary/aromatic N) is 2. The topological polar surface area (TPSA) is 89.0 Å². The molecule has 0 radical (unpaired) electrons. The first-order valence-electron chi connectivity index (χ1n) is 6.29. The maximum atomic E-state index is 5.53. The third-order valence-corrected chi connectivity index (χ3v) is 2.96. The molecule has 0 spiro atoms. The van der Waals surface area contributed by atoms with E-state index < -0.39 is 0 Å². The van der Waals surface area contributed by atoms with Gasteiger partial charge in [0.1, 0.15) is 17.3 Å². The van der Waals surface area contributed by atoms with Gasteiger partial charge in [0.15, 0.2) is 0 Å². The van der Waals surface area contributed by atoms with Gasteiger partial charge < -0.3 is 9.73 Å². The highest BCUT2D eigenvalue weighted by Crippen LogP contribution is 2.22. The third kappa shape index (κ3) is 2.41. The predicted octanol–water partition coefficient (Wildman–Crippen LogP) is 2.43. The van der Waals surface area contributed by atoms with E-state index in [2.05, 4.69) is 20.7 Å². The molecule has 0 saturated heterocycles. The van der Waals surface area contributed by atoms with Crippen molar-refractivity contribution >= 4 is 22.7 Å². The molecule has 4 N–H and O–H groups in total. The Morgan fingerprint density at radius 2 is 2.00 bits per heavy atom. The molecule has 2 aromatic heterocycles. The van der Waals surface area contributed by atoms with Crippen molar-refractivity contribution in [1.29, 1.82) is 0 Å². The van der Waals surface area contributed by atoms with E-state index in [0.717, 1.165) is 28.2 Å². The van der Waals surface area contributed by atoms with Gasteiger partial charge in [-0.25, -0.2) is 10.8 Å². The van der Waals surface area contributed by atoms with Crippen LogP contribution in [0.1, 0.15) is 11.5 Å². The first-order chi connectivity index (χ1) is 9.76. The molecular formula is C14H15N5O. The number of benzene rings is 1. The largest absolute Gasteiger partial charge is 0.465 e. The predicted molar refractivity (Wildman–Crippen MR) is 78.1 cm³/mol. The number of anilines is 2. The minimum atomic E-state index is 0.377. The van der Waals surface area contributed by atoms with E-state index in [0.29, 0.717) is 12.5 Å². The van der Waals surface area contributed by atoms with Gasteiger partial charge in [-0.2, -0.15) is 4.98 Å². The lowest BCUT2D eigenvalue weighted by molar-refractivity contribution is 0.490. The zero-order chi connectivity index (χ0) is 13.9. The number of nitrogens with two attached hydrogens (primary N) is 1. The summed E-state index contributed by atoms with van der Waals surface area (Å²) in [7, 11) is 0. The molecule has 0 bridgehead atoms. The van der Waals surface area contributed by atoms with E-state index in [1.165, 1.54) is 0 Å². The van der Waals surface area contributed by atoms with Crippen LogP contribution in [0.3, 0.4) is 0 Å². The quantitative estimate of drug-likeness (QED) is 0.498. The van der Waals surface area contributed by atoms with E-state index in [-0.39, 0.29) is 0 Å². The second-order valence-electron chi connectivity index (χ2n) is 4.42. The number of para-hydroxylation sites is 1. The number of nitrogens with one attached hydrogen (secondary N) is 2. The number of rotatable bonds is 4. The number of aryl methyl sites for hydroxylation is 1. The van der Waals surface area contributed by atoms with Crippen molar-refractivity contribution in [2.24, 2.45) is 5.84 Å². The van der Waals surface area contributed by atoms with Crippen molar-refractivity contribution < 1.29 is 4.42 Å². The highest BCUT2D eigenvalue weighted by molar-refractivity contribution is 5.89. The van der Waals surface area contributed by atoms with Gasteiger partial charge in [0, 0.05) is 5.39 Å². The normalized spacial score (nSPS) is 10.7. The first kappa shape index (κ1) is 12.4. The Hall–Kier alpha value is -2.60. The molecule has 0 fully saturated rings. The van der Waals surface area contributed by atoms with Crippen LogP contribution in [0.2, 0.25) is 0 Å². The van der Waals surface area contributed by atoms with Gasteiger partial charge in [-0.15, -0.1) is 0 Å². The maximum Gasteiger partial charge on any atom is 0.239 e. The Balaban J connectivity index is 1.93. The summed E-state index contributed by atoms with van der Waals surface area (Å²) in [6, 6.07) is 11.6. The molecule has 0 atom stereocenters. The summed E-state index contributed by atoms with van der Waals surface area (Å²) in [6.07, 6.45) is 0. The molecule has 102 valence electrons. The van der Waals surface area contributed by atoms with E-state index in [1.54, 1.807) is 0 Å². The van der Waals surface area contributed by atoms with Gasteiger partial charge in [-0.3, -0.25) is 5.43 Å². The van der Waals surface area contributed by atoms with Crippen LogP contribution in [-0.2, 0) is 6.54 Å². The molecule has 0 unspecified atom stereocenters. The smallest absolute Gasteiger partial charge is 0.239 e. The zero-order valence-electron chi connectivity index (χ0n) is 11.1. The van der Waals surface area contributed by atoms with Crippen LogP contribution in [0.5, 0.6) is 0 Å². The number of fused-ring (bicyclic) bond motifs is 1. The number of furan rings is 1. The number of hydrazine groups is 1. The minimum absolute atomic E-state index is 0.377. The number of hydrogen-bond donors (Lipinski definition) is 3. The Kier molecular flexibility index (Phi) is 3.22. The molecule has 1 aromatic carbocycles. The Morgan fingerprint density at radius 1 is 1.15 bits per heavy atom. The molecule has 0 amide bonds. The van der Waals surface area contributed by atoms with Gasteiger partial charge in [0.05, 0.1) is 12.1 Å². The number of nitrogen functional groups attached to an aromatic ring is 1. The molecule has 2 heterocycles. The fourth-order valence-electron chi connectivity index (χ4n) is 2.03. The van der Waals surface area contributed by atoms with Crippen molar-refractivity contribution in [2.75, 3.05) is 10.7 Å². The van der Waals surface area contributed by atoms with Crippen LogP contribution in [-0.4, -0.2) is 9.97 Å². The van der Waals surface area contributed by atoms with Crippen molar-refractivity contribution in [3.63, 3.8) is 0 Å².